The third-order valence-corrected chi connectivity index (χ3v) is 1.67. The second kappa shape index (κ2) is 4.31. The van der Waals surface area contributed by atoms with Crippen molar-refractivity contribution in [2.75, 3.05) is 7.05 Å². The number of hydrogen-bond donors (Lipinski definition) is 0. The van der Waals surface area contributed by atoms with E-state index in [0.717, 1.165) is 5.92 Å². The van der Waals surface area contributed by atoms with E-state index in [1.165, 1.54) is 6.42 Å². The van der Waals surface area contributed by atoms with E-state index in [4.69, 9.17) is 0 Å². The molecular formula is C8H18N2. The van der Waals surface area contributed by atoms with E-state index in [-0.39, 0.29) is 0 Å². The first kappa shape index (κ1) is 9.47. The maximum atomic E-state index is 3.82. The standard InChI is InChI=1S/C8H18N2/c1-7(2)6-8(3)10(5)9-4/h7-8H,4,6H2,1-3,5H3. The Labute approximate surface area is 63.9 Å². The molecule has 0 aromatic heterocycles. The SMILES string of the molecule is C=NN(C)C(C)CC(C)C. The molecule has 0 radical (unpaired) electrons. The molecular weight excluding hydrogens is 124 g/mol. The van der Waals surface area contributed by atoms with Crippen molar-refractivity contribution >= 4 is 6.72 Å². The molecule has 0 aliphatic rings. The molecule has 0 saturated heterocycles. The topological polar surface area (TPSA) is 15.6 Å². The number of nitrogens with zero attached hydrogens (tertiary/aromatic N) is 2. The summed E-state index contributed by atoms with van der Waals surface area (Å²) < 4.78 is 0. The largest absolute Gasteiger partial charge is 0.298 e. The van der Waals surface area contributed by atoms with Gasteiger partial charge < -0.3 is 0 Å². The molecule has 0 fully saturated rings. The maximum absolute atomic E-state index is 3.82. The highest BCUT2D eigenvalue weighted by molar-refractivity contribution is 5.22. The van der Waals surface area contributed by atoms with Crippen LogP contribution in [0.4, 0.5) is 0 Å². The lowest BCUT2D eigenvalue weighted by Gasteiger charge is -2.22. The van der Waals surface area contributed by atoms with Crippen molar-refractivity contribution in [1.29, 1.82) is 0 Å². The molecule has 0 aromatic rings. The van der Waals surface area contributed by atoms with Crippen LogP contribution in [0.2, 0.25) is 0 Å². The van der Waals surface area contributed by atoms with Crippen LogP contribution in [-0.2, 0) is 0 Å². The highest BCUT2D eigenvalue weighted by Crippen LogP contribution is 2.08. The van der Waals surface area contributed by atoms with Gasteiger partial charge in [0, 0.05) is 19.8 Å². The second-order valence-electron chi connectivity index (χ2n) is 3.19. The summed E-state index contributed by atoms with van der Waals surface area (Å²) in [5.41, 5.74) is 0. The van der Waals surface area contributed by atoms with Crippen LogP contribution in [0.3, 0.4) is 0 Å². The van der Waals surface area contributed by atoms with E-state index in [0.29, 0.717) is 6.04 Å². The number of hydrogen-bond acceptors (Lipinski definition) is 2. The van der Waals surface area contributed by atoms with E-state index in [2.05, 4.69) is 32.6 Å². The Kier molecular flexibility index (Phi) is 4.08. The maximum Gasteiger partial charge on any atom is 0.0441 e. The lowest BCUT2D eigenvalue weighted by Crippen LogP contribution is -2.24. The second-order valence-corrected chi connectivity index (χ2v) is 3.19. The van der Waals surface area contributed by atoms with Gasteiger partial charge in [-0.1, -0.05) is 13.8 Å². The van der Waals surface area contributed by atoms with E-state index >= 15 is 0 Å². The van der Waals surface area contributed by atoms with Crippen LogP contribution in [0.5, 0.6) is 0 Å². The summed E-state index contributed by atoms with van der Waals surface area (Å²) in [6.07, 6.45) is 1.18. The van der Waals surface area contributed by atoms with Crippen molar-refractivity contribution in [3.63, 3.8) is 0 Å². The van der Waals surface area contributed by atoms with Crippen molar-refractivity contribution in [3.8, 4) is 0 Å². The fourth-order valence-corrected chi connectivity index (χ4v) is 0.974. The average molecular weight is 142 g/mol. The minimum atomic E-state index is 0.512. The number of hydrazone groups is 1. The highest BCUT2D eigenvalue weighted by atomic mass is 15.4. The van der Waals surface area contributed by atoms with Crippen LogP contribution in [-0.4, -0.2) is 24.8 Å². The molecule has 0 aliphatic carbocycles. The predicted molar refractivity (Wildman–Crippen MR) is 46.2 cm³/mol. The van der Waals surface area contributed by atoms with Gasteiger partial charge >= 0.3 is 0 Å². The zero-order chi connectivity index (χ0) is 8.15. The van der Waals surface area contributed by atoms with Crippen LogP contribution in [0, 0.1) is 5.92 Å². The summed E-state index contributed by atoms with van der Waals surface area (Å²) in [4.78, 5) is 0. The summed E-state index contributed by atoms with van der Waals surface area (Å²) in [5.74, 6) is 0.735. The molecule has 60 valence electrons. The average Bonchev–Trinajstić information content (AvgIpc) is 1.85. The lowest BCUT2D eigenvalue weighted by molar-refractivity contribution is 0.240. The molecule has 0 heterocycles. The summed E-state index contributed by atoms with van der Waals surface area (Å²) in [7, 11) is 1.96. The van der Waals surface area contributed by atoms with Crippen molar-refractivity contribution in [2.24, 2.45) is 11.0 Å². The summed E-state index contributed by atoms with van der Waals surface area (Å²) in [6, 6.07) is 0.512. The Balaban J connectivity index is 3.60. The molecule has 10 heavy (non-hydrogen) atoms. The van der Waals surface area contributed by atoms with E-state index in [9.17, 15) is 0 Å². The molecule has 0 rings (SSSR count). The first-order valence-electron chi connectivity index (χ1n) is 3.77. The summed E-state index contributed by atoms with van der Waals surface area (Å²) >= 11 is 0. The monoisotopic (exact) mass is 142 g/mol. The molecule has 0 spiro atoms. The van der Waals surface area contributed by atoms with Crippen LogP contribution >= 0.6 is 0 Å². The third kappa shape index (κ3) is 3.49. The van der Waals surface area contributed by atoms with Gasteiger partial charge in [-0.05, 0) is 19.3 Å². The van der Waals surface area contributed by atoms with Crippen LogP contribution < -0.4 is 0 Å². The van der Waals surface area contributed by atoms with Gasteiger partial charge in [-0.25, -0.2) is 0 Å². The minimum Gasteiger partial charge on any atom is -0.298 e. The minimum absolute atomic E-state index is 0.512. The molecule has 0 amide bonds. The molecule has 0 saturated carbocycles. The van der Waals surface area contributed by atoms with Crippen LogP contribution in [0.25, 0.3) is 0 Å². The Morgan fingerprint density at radius 1 is 1.40 bits per heavy atom. The van der Waals surface area contributed by atoms with Crippen LogP contribution in [0.1, 0.15) is 27.2 Å². The number of rotatable bonds is 4. The van der Waals surface area contributed by atoms with Crippen molar-refractivity contribution in [2.45, 2.75) is 33.2 Å². The van der Waals surface area contributed by atoms with Gasteiger partial charge in [0.05, 0.1) is 0 Å². The van der Waals surface area contributed by atoms with Crippen molar-refractivity contribution in [1.82, 2.24) is 5.01 Å². The predicted octanol–water partition coefficient (Wildman–Crippen LogP) is 1.97. The third-order valence-electron chi connectivity index (χ3n) is 1.67. The quantitative estimate of drug-likeness (QED) is 0.433. The summed E-state index contributed by atoms with van der Waals surface area (Å²) in [6.45, 7) is 10.1. The molecule has 0 aliphatic heterocycles. The molecule has 0 N–H and O–H groups in total. The fourth-order valence-electron chi connectivity index (χ4n) is 0.974. The van der Waals surface area contributed by atoms with Gasteiger partial charge in [-0.3, -0.25) is 5.01 Å². The Bertz CT molecular complexity index is 99.4. The normalized spacial score (nSPS) is 13.3. The van der Waals surface area contributed by atoms with Crippen LogP contribution in [0.15, 0.2) is 5.10 Å². The van der Waals surface area contributed by atoms with E-state index in [1.807, 2.05) is 12.1 Å². The lowest BCUT2D eigenvalue weighted by atomic mass is 10.1. The molecule has 0 bridgehead atoms. The van der Waals surface area contributed by atoms with Gasteiger partial charge in [-0.2, -0.15) is 5.10 Å². The first-order valence-corrected chi connectivity index (χ1v) is 3.77. The van der Waals surface area contributed by atoms with Crippen molar-refractivity contribution < 1.29 is 0 Å². The van der Waals surface area contributed by atoms with E-state index < -0.39 is 0 Å². The molecule has 2 nitrogen and oxygen atoms in total. The fraction of sp³-hybridized carbons (Fsp3) is 0.875. The molecule has 1 unspecified atom stereocenters. The molecule has 0 aromatic carbocycles. The highest BCUT2D eigenvalue weighted by Gasteiger charge is 2.07. The van der Waals surface area contributed by atoms with E-state index in [1.54, 1.807) is 0 Å². The summed E-state index contributed by atoms with van der Waals surface area (Å²) in [5, 5.41) is 5.73. The van der Waals surface area contributed by atoms with Gasteiger partial charge in [0.15, 0.2) is 0 Å². The Morgan fingerprint density at radius 2 is 1.90 bits per heavy atom. The van der Waals surface area contributed by atoms with Gasteiger partial charge in [-0.15, -0.1) is 0 Å². The Morgan fingerprint density at radius 3 is 2.20 bits per heavy atom. The smallest absolute Gasteiger partial charge is 0.0441 e. The Hall–Kier alpha value is -0.530. The van der Waals surface area contributed by atoms with Gasteiger partial charge in [0.25, 0.3) is 0 Å². The first-order chi connectivity index (χ1) is 4.57. The van der Waals surface area contributed by atoms with Gasteiger partial charge in [0.1, 0.15) is 0 Å². The molecule has 2 heteroatoms. The zero-order valence-electron chi connectivity index (χ0n) is 7.46. The van der Waals surface area contributed by atoms with Gasteiger partial charge in [0.2, 0.25) is 0 Å². The molecule has 1 atom stereocenters. The zero-order valence-corrected chi connectivity index (χ0v) is 7.46. The van der Waals surface area contributed by atoms with Crippen molar-refractivity contribution in [3.05, 3.63) is 0 Å².